The molecule has 3 nitrogen and oxygen atoms in total. The van der Waals surface area contributed by atoms with E-state index in [1.807, 2.05) is 0 Å². The van der Waals surface area contributed by atoms with Crippen LogP contribution in [0.25, 0.3) is 0 Å². The van der Waals surface area contributed by atoms with Crippen LogP contribution in [0.4, 0.5) is 0 Å². The van der Waals surface area contributed by atoms with Gasteiger partial charge in [-0.05, 0) is 44.9 Å². The first-order chi connectivity index (χ1) is 8.99. The number of hydrogen-bond donors (Lipinski definition) is 1. The first kappa shape index (κ1) is 15.3. The Kier molecular flexibility index (Phi) is 5.27. The summed E-state index contributed by atoms with van der Waals surface area (Å²) in [6, 6.07) is 1.07. The lowest BCUT2D eigenvalue weighted by atomic mass is 9.77. The Bertz CT molecular complexity index is 272. The highest BCUT2D eigenvalue weighted by Gasteiger charge is 2.35. The van der Waals surface area contributed by atoms with Gasteiger partial charge in [-0.3, -0.25) is 9.80 Å². The normalized spacial score (nSPS) is 35.2. The predicted molar refractivity (Wildman–Crippen MR) is 80.3 cm³/mol. The third-order valence-electron chi connectivity index (χ3n) is 5.31. The number of aliphatic hydroxyl groups is 1. The molecule has 1 saturated carbocycles. The van der Waals surface area contributed by atoms with E-state index in [4.69, 9.17) is 0 Å². The number of rotatable bonds is 3. The van der Waals surface area contributed by atoms with Crippen LogP contribution in [0, 0.1) is 11.8 Å². The van der Waals surface area contributed by atoms with E-state index in [9.17, 15) is 5.11 Å². The summed E-state index contributed by atoms with van der Waals surface area (Å²) < 4.78 is 0. The van der Waals surface area contributed by atoms with E-state index in [0.29, 0.717) is 12.1 Å². The van der Waals surface area contributed by atoms with Crippen LogP contribution in [0.2, 0.25) is 0 Å². The summed E-state index contributed by atoms with van der Waals surface area (Å²) in [7, 11) is 0. The molecule has 3 atom stereocenters. The summed E-state index contributed by atoms with van der Waals surface area (Å²) in [6.07, 6.45) is 3.31. The Labute approximate surface area is 119 Å². The second-order valence-corrected chi connectivity index (χ2v) is 7.12. The Hall–Kier alpha value is -0.120. The van der Waals surface area contributed by atoms with Crippen molar-refractivity contribution in [3.63, 3.8) is 0 Å². The smallest absolute Gasteiger partial charge is 0.0695 e. The van der Waals surface area contributed by atoms with Gasteiger partial charge < -0.3 is 5.11 Å². The summed E-state index contributed by atoms with van der Waals surface area (Å²) in [4.78, 5) is 5.10. The van der Waals surface area contributed by atoms with Crippen LogP contribution < -0.4 is 0 Å². The molecule has 0 aromatic heterocycles. The molecule has 1 aliphatic carbocycles. The average Bonchev–Trinajstić information content (AvgIpc) is 2.39. The zero-order chi connectivity index (χ0) is 14.0. The third-order valence-corrected chi connectivity index (χ3v) is 5.31. The van der Waals surface area contributed by atoms with Crippen molar-refractivity contribution in [2.45, 2.75) is 65.1 Å². The Balaban J connectivity index is 1.90. The molecule has 1 saturated heterocycles. The monoisotopic (exact) mass is 268 g/mol. The molecule has 0 bridgehead atoms. The molecule has 1 heterocycles. The zero-order valence-electron chi connectivity index (χ0n) is 13.2. The van der Waals surface area contributed by atoms with E-state index < -0.39 is 0 Å². The van der Waals surface area contributed by atoms with Crippen LogP contribution in [-0.2, 0) is 0 Å². The van der Waals surface area contributed by atoms with Crippen molar-refractivity contribution >= 4 is 0 Å². The van der Waals surface area contributed by atoms with Crippen molar-refractivity contribution in [1.82, 2.24) is 9.80 Å². The van der Waals surface area contributed by atoms with E-state index in [1.165, 1.54) is 12.8 Å². The number of hydrogen-bond acceptors (Lipinski definition) is 3. The molecule has 1 aliphatic heterocycles. The molecule has 0 radical (unpaired) electrons. The molecule has 3 heteroatoms. The van der Waals surface area contributed by atoms with Gasteiger partial charge in [0.15, 0.2) is 0 Å². The van der Waals surface area contributed by atoms with Crippen molar-refractivity contribution < 1.29 is 5.11 Å². The minimum atomic E-state index is -0.0967. The van der Waals surface area contributed by atoms with Crippen molar-refractivity contribution in [3.05, 3.63) is 0 Å². The number of nitrogens with zero attached hydrogens (tertiary/aromatic N) is 2. The molecule has 1 N–H and O–H groups in total. The minimum Gasteiger partial charge on any atom is -0.391 e. The number of aliphatic hydroxyl groups excluding tert-OH is 1. The highest BCUT2D eigenvalue weighted by atomic mass is 16.3. The Morgan fingerprint density at radius 3 is 2.11 bits per heavy atom. The van der Waals surface area contributed by atoms with E-state index in [0.717, 1.165) is 44.4 Å². The van der Waals surface area contributed by atoms with Gasteiger partial charge in [0.05, 0.1) is 6.10 Å². The van der Waals surface area contributed by atoms with Crippen LogP contribution in [0.1, 0.15) is 47.0 Å². The van der Waals surface area contributed by atoms with Gasteiger partial charge in [0.1, 0.15) is 0 Å². The maximum atomic E-state index is 10.3. The van der Waals surface area contributed by atoms with Gasteiger partial charge in [-0.25, -0.2) is 0 Å². The second-order valence-electron chi connectivity index (χ2n) is 7.12. The van der Waals surface area contributed by atoms with Crippen LogP contribution >= 0.6 is 0 Å². The fraction of sp³-hybridized carbons (Fsp3) is 1.00. The fourth-order valence-electron chi connectivity index (χ4n) is 3.75. The topological polar surface area (TPSA) is 26.7 Å². The SMILES string of the molecule is CC(C)C1CCC(O)C(N2CCN(C(C)C)CC2)C1. The summed E-state index contributed by atoms with van der Waals surface area (Å²) in [5.41, 5.74) is 0. The van der Waals surface area contributed by atoms with Crippen molar-refractivity contribution in [2.24, 2.45) is 11.8 Å². The molecular weight excluding hydrogens is 236 g/mol. The summed E-state index contributed by atoms with van der Waals surface area (Å²) in [5, 5.41) is 10.3. The maximum absolute atomic E-state index is 10.3. The highest BCUT2D eigenvalue weighted by molar-refractivity contribution is 4.90. The van der Waals surface area contributed by atoms with Gasteiger partial charge in [0.25, 0.3) is 0 Å². The molecular formula is C16H32N2O. The molecule has 112 valence electrons. The molecule has 2 aliphatic rings. The zero-order valence-corrected chi connectivity index (χ0v) is 13.2. The van der Waals surface area contributed by atoms with Crippen LogP contribution in [0.5, 0.6) is 0 Å². The van der Waals surface area contributed by atoms with Crippen molar-refractivity contribution in [2.75, 3.05) is 26.2 Å². The summed E-state index contributed by atoms with van der Waals surface area (Å²) >= 11 is 0. The van der Waals surface area contributed by atoms with Gasteiger partial charge in [-0.15, -0.1) is 0 Å². The standard InChI is InChI=1S/C16H32N2O/c1-12(2)14-5-6-16(19)15(11-14)18-9-7-17(8-10-18)13(3)4/h12-16,19H,5-11H2,1-4H3. The molecule has 2 fully saturated rings. The van der Waals surface area contributed by atoms with Crippen LogP contribution in [0.3, 0.4) is 0 Å². The van der Waals surface area contributed by atoms with Crippen molar-refractivity contribution in [3.8, 4) is 0 Å². The largest absolute Gasteiger partial charge is 0.391 e. The summed E-state index contributed by atoms with van der Waals surface area (Å²) in [6.45, 7) is 13.8. The second kappa shape index (κ2) is 6.55. The molecule has 3 unspecified atom stereocenters. The third kappa shape index (κ3) is 3.71. The first-order valence-corrected chi connectivity index (χ1v) is 8.15. The average molecular weight is 268 g/mol. The molecule has 19 heavy (non-hydrogen) atoms. The fourth-order valence-corrected chi connectivity index (χ4v) is 3.75. The highest BCUT2D eigenvalue weighted by Crippen LogP contribution is 2.33. The van der Waals surface area contributed by atoms with Crippen LogP contribution in [0.15, 0.2) is 0 Å². The van der Waals surface area contributed by atoms with E-state index in [2.05, 4.69) is 37.5 Å². The van der Waals surface area contributed by atoms with E-state index >= 15 is 0 Å². The summed E-state index contributed by atoms with van der Waals surface area (Å²) in [5.74, 6) is 1.56. The van der Waals surface area contributed by atoms with E-state index in [-0.39, 0.29) is 6.10 Å². The molecule has 0 spiro atoms. The van der Waals surface area contributed by atoms with Gasteiger partial charge in [0.2, 0.25) is 0 Å². The van der Waals surface area contributed by atoms with Crippen molar-refractivity contribution in [1.29, 1.82) is 0 Å². The lowest BCUT2D eigenvalue weighted by Crippen LogP contribution is -2.56. The van der Waals surface area contributed by atoms with Gasteiger partial charge in [-0.1, -0.05) is 13.8 Å². The first-order valence-electron chi connectivity index (χ1n) is 8.15. The molecule has 0 aromatic carbocycles. The van der Waals surface area contributed by atoms with Gasteiger partial charge >= 0.3 is 0 Å². The Morgan fingerprint density at radius 2 is 1.58 bits per heavy atom. The molecule has 2 rings (SSSR count). The van der Waals surface area contributed by atoms with E-state index in [1.54, 1.807) is 0 Å². The van der Waals surface area contributed by atoms with Gasteiger partial charge in [-0.2, -0.15) is 0 Å². The molecule has 0 amide bonds. The maximum Gasteiger partial charge on any atom is 0.0695 e. The lowest BCUT2D eigenvalue weighted by molar-refractivity contribution is -0.0265. The lowest BCUT2D eigenvalue weighted by Gasteiger charge is -2.46. The Morgan fingerprint density at radius 1 is 0.947 bits per heavy atom. The molecule has 0 aromatic rings. The quantitative estimate of drug-likeness (QED) is 0.850. The van der Waals surface area contributed by atoms with Crippen LogP contribution in [-0.4, -0.2) is 59.3 Å². The number of piperazine rings is 1. The minimum absolute atomic E-state index is 0.0967. The predicted octanol–water partition coefficient (Wildman–Crippen LogP) is 2.20. The van der Waals surface area contributed by atoms with Gasteiger partial charge in [0, 0.05) is 38.3 Å².